The molecule has 0 saturated heterocycles. The highest BCUT2D eigenvalue weighted by molar-refractivity contribution is 7.80. The first-order valence-corrected chi connectivity index (χ1v) is 5.39. The van der Waals surface area contributed by atoms with E-state index in [1.807, 2.05) is 6.92 Å². The summed E-state index contributed by atoms with van der Waals surface area (Å²) >= 11 is 3.97. The second-order valence-corrected chi connectivity index (χ2v) is 3.29. The summed E-state index contributed by atoms with van der Waals surface area (Å²) in [6.07, 6.45) is 1.97. The van der Waals surface area contributed by atoms with Gasteiger partial charge in [-0.25, -0.2) is 4.98 Å². The maximum atomic E-state index is 11.2. The Morgan fingerprint density at radius 2 is 2.40 bits per heavy atom. The molecule has 1 N–H and O–H groups in total. The van der Waals surface area contributed by atoms with Gasteiger partial charge >= 0.3 is 0 Å². The Bertz CT molecular complexity index is 314. The lowest BCUT2D eigenvalue weighted by Gasteiger charge is -2.05. The van der Waals surface area contributed by atoms with Gasteiger partial charge in [0.25, 0.3) is 0 Å². The summed E-state index contributed by atoms with van der Waals surface area (Å²) in [4.78, 5) is 15.2. The minimum absolute atomic E-state index is 0.0593. The lowest BCUT2D eigenvalue weighted by Crippen LogP contribution is -2.11. The van der Waals surface area contributed by atoms with Gasteiger partial charge in [0.05, 0.1) is 18.5 Å². The number of pyridine rings is 1. The molecule has 0 aromatic carbocycles. The van der Waals surface area contributed by atoms with Crippen molar-refractivity contribution in [2.45, 2.75) is 13.3 Å². The minimum atomic E-state index is -0.0593. The van der Waals surface area contributed by atoms with Gasteiger partial charge in [-0.05, 0) is 18.7 Å². The molecule has 0 radical (unpaired) electrons. The maximum absolute atomic E-state index is 11.2. The van der Waals surface area contributed by atoms with Crippen LogP contribution in [0.4, 0.5) is 5.69 Å². The number of carbonyl (C=O) groups is 1. The lowest BCUT2D eigenvalue weighted by atomic mass is 10.4. The molecular weight excluding hydrogens is 212 g/mol. The fraction of sp³-hybridized carbons (Fsp3) is 0.400. The van der Waals surface area contributed by atoms with Crippen molar-refractivity contribution >= 4 is 24.2 Å². The normalized spacial score (nSPS) is 9.73. The van der Waals surface area contributed by atoms with Crippen molar-refractivity contribution in [1.82, 2.24) is 4.98 Å². The topological polar surface area (TPSA) is 51.2 Å². The molecule has 0 aliphatic rings. The first kappa shape index (κ1) is 11.8. The molecule has 0 aliphatic carbocycles. The molecule has 0 bridgehead atoms. The van der Waals surface area contributed by atoms with Crippen LogP contribution in [0.1, 0.15) is 13.3 Å². The van der Waals surface area contributed by atoms with Crippen LogP contribution in [0.2, 0.25) is 0 Å². The van der Waals surface area contributed by atoms with Gasteiger partial charge in [0.1, 0.15) is 0 Å². The van der Waals surface area contributed by atoms with Crippen molar-refractivity contribution in [3.05, 3.63) is 18.3 Å². The van der Waals surface area contributed by atoms with Crippen molar-refractivity contribution in [2.24, 2.45) is 0 Å². The van der Waals surface area contributed by atoms with Crippen LogP contribution in [0.25, 0.3) is 0 Å². The van der Waals surface area contributed by atoms with Crippen LogP contribution in [0.5, 0.6) is 5.88 Å². The van der Waals surface area contributed by atoms with Crippen molar-refractivity contribution in [3.63, 3.8) is 0 Å². The molecule has 1 amide bonds. The van der Waals surface area contributed by atoms with Gasteiger partial charge in [-0.2, -0.15) is 12.6 Å². The molecule has 4 nitrogen and oxygen atoms in total. The Hall–Kier alpha value is -1.23. The lowest BCUT2D eigenvalue weighted by molar-refractivity contribution is -0.115. The summed E-state index contributed by atoms with van der Waals surface area (Å²) < 4.78 is 5.18. The zero-order chi connectivity index (χ0) is 11.1. The summed E-state index contributed by atoms with van der Waals surface area (Å²) in [7, 11) is 0. The van der Waals surface area contributed by atoms with Crippen LogP contribution >= 0.6 is 12.6 Å². The van der Waals surface area contributed by atoms with E-state index in [9.17, 15) is 4.79 Å². The first-order chi connectivity index (χ1) is 7.26. The van der Waals surface area contributed by atoms with Gasteiger partial charge < -0.3 is 10.1 Å². The number of nitrogens with one attached hydrogen (secondary N) is 1. The Morgan fingerprint density at radius 3 is 2.93 bits per heavy atom. The molecule has 15 heavy (non-hydrogen) atoms. The Kier molecular flexibility index (Phi) is 4.97. The van der Waals surface area contributed by atoms with Gasteiger partial charge in [-0.15, -0.1) is 0 Å². The number of hydrogen-bond acceptors (Lipinski definition) is 4. The maximum Gasteiger partial charge on any atom is 0.225 e. The molecule has 1 heterocycles. The smallest absolute Gasteiger partial charge is 0.225 e. The Balaban J connectivity index is 2.52. The number of hydrogen-bond donors (Lipinski definition) is 2. The standard InChI is InChI=1S/C10H14N2O2S/c1-2-14-10-4-3-8(7-11-10)12-9(13)5-6-15/h3-4,7,15H,2,5-6H2,1H3,(H,12,13). The Morgan fingerprint density at radius 1 is 1.60 bits per heavy atom. The zero-order valence-electron chi connectivity index (χ0n) is 8.56. The molecule has 0 fully saturated rings. The van der Waals surface area contributed by atoms with E-state index >= 15 is 0 Å². The Labute approximate surface area is 94.5 Å². The highest BCUT2D eigenvalue weighted by atomic mass is 32.1. The van der Waals surface area contributed by atoms with E-state index in [1.165, 1.54) is 0 Å². The van der Waals surface area contributed by atoms with Gasteiger partial charge in [0.2, 0.25) is 11.8 Å². The van der Waals surface area contributed by atoms with Crippen LogP contribution in [-0.4, -0.2) is 23.3 Å². The average Bonchev–Trinajstić information content (AvgIpc) is 2.22. The second-order valence-electron chi connectivity index (χ2n) is 2.84. The van der Waals surface area contributed by atoms with Crippen LogP contribution in [-0.2, 0) is 4.79 Å². The van der Waals surface area contributed by atoms with Crippen LogP contribution in [0.3, 0.4) is 0 Å². The molecule has 82 valence electrons. The number of nitrogens with zero attached hydrogens (tertiary/aromatic N) is 1. The van der Waals surface area contributed by atoms with Crippen LogP contribution < -0.4 is 10.1 Å². The number of aromatic nitrogens is 1. The average molecular weight is 226 g/mol. The van der Waals surface area contributed by atoms with Crippen molar-refractivity contribution < 1.29 is 9.53 Å². The van der Waals surface area contributed by atoms with Gasteiger partial charge in [0, 0.05) is 12.5 Å². The summed E-state index contributed by atoms with van der Waals surface area (Å²) in [5, 5.41) is 2.71. The molecule has 5 heteroatoms. The monoisotopic (exact) mass is 226 g/mol. The van der Waals surface area contributed by atoms with Crippen molar-refractivity contribution in [2.75, 3.05) is 17.7 Å². The fourth-order valence-electron chi connectivity index (χ4n) is 1.01. The van der Waals surface area contributed by atoms with E-state index in [0.29, 0.717) is 30.3 Å². The van der Waals surface area contributed by atoms with Gasteiger partial charge in [0.15, 0.2) is 0 Å². The summed E-state index contributed by atoms with van der Waals surface area (Å²) in [5.41, 5.74) is 0.672. The molecule has 1 rings (SSSR count). The number of thiol groups is 1. The van der Waals surface area contributed by atoms with Crippen LogP contribution in [0, 0.1) is 0 Å². The predicted octanol–water partition coefficient (Wildman–Crippen LogP) is 1.74. The predicted molar refractivity (Wildman–Crippen MR) is 62.5 cm³/mol. The molecular formula is C10H14N2O2S. The highest BCUT2D eigenvalue weighted by Gasteiger charge is 2.01. The zero-order valence-corrected chi connectivity index (χ0v) is 9.46. The fourth-order valence-corrected chi connectivity index (χ4v) is 1.22. The summed E-state index contributed by atoms with van der Waals surface area (Å²) in [5.74, 6) is 1.04. The third-order valence-corrected chi connectivity index (χ3v) is 1.87. The second kappa shape index (κ2) is 6.29. The van der Waals surface area contributed by atoms with Gasteiger partial charge in [-0.1, -0.05) is 0 Å². The first-order valence-electron chi connectivity index (χ1n) is 4.75. The summed E-state index contributed by atoms with van der Waals surface area (Å²) in [6.45, 7) is 2.47. The van der Waals surface area contributed by atoms with E-state index in [4.69, 9.17) is 4.74 Å². The van der Waals surface area contributed by atoms with Crippen molar-refractivity contribution in [3.8, 4) is 5.88 Å². The number of amides is 1. The third-order valence-electron chi connectivity index (χ3n) is 1.65. The number of carbonyl (C=O) groups excluding carboxylic acids is 1. The number of ether oxygens (including phenoxy) is 1. The van der Waals surface area contributed by atoms with Crippen molar-refractivity contribution in [1.29, 1.82) is 0 Å². The molecule has 0 saturated carbocycles. The minimum Gasteiger partial charge on any atom is -0.478 e. The van der Waals surface area contributed by atoms with E-state index in [1.54, 1.807) is 18.3 Å². The quantitative estimate of drug-likeness (QED) is 0.752. The largest absolute Gasteiger partial charge is 0.478 e. The molecule has 0 aliphatic heterocycles. The molecule has 0 atom stereocenters. The van der Waals surface area contributed by atoms with E-state index in [0.717, 1.165) is 0 Å². The van der Waals surface area contributed by atoms with E-state index in [2.05, 4.69) is 22.9 Å². The third kappa shape index (κ3) is 4.20. The number of rotatable bonds is 5. The van der Waals surface area contributed by atoms with Gasteiger partial charge in [-0.3, -0.25) is 4.79 Å². The molecule has 0 unspecified atom stereocenters. The highest BCUT2D eigenvalue weighted by Crippen LogP contribution is 2.11. The molecule has 1 aromatic heterocycles. The van der Waals surface area contributed by atoms with Crippen LogP contribution in [0.15, 0.2) is 18.3 Å². The SMILES string of the molecule is CCOc1ccc(NC(=O)CCS)cn1. The molecule has 1 aromatic rings. The number of anilines is 1. The molecule has 0 spiro atoms. The summed E-state index contributed by atoms with van der Waals surface area (Å²) in [6, 6.07) is 3.48. The van der Waals surface area contributed by atoms with E-state index < -0.39 is 0 Å². The van der Waals surface area contributed by atoms with E-state index in [-0.39, 0.29) is 5.91 Å².